The molecule has 1 atom stereocenters. The van der Waals surface area contributed by atoms with Gasteiger partial charge in [0.2, 0.25) is 5.91 Å². The normalized spacial score (nSPS) is 17.2. The summed E-state index contributed by atoms with van der Waals surface area (Å²) >= 11 is 1.36. The molecule has 1 unspecified atom stereocenters. The Labute approximate surface area is 150 Å². The number of thiophene rings is 1. The molecule has 0 radical (unpaired) electrons. The Morgan fingerprint density at radius 3 is 2.92 bits per heavy atom. The highest BCUT2D eigenvalue weighted by Crippen LogP contribution is 2.28. The van der Waals surface area contributed by atoms with Crippen molar-refractivity contribution >= 4 is 29.0 Å². The molecule has 0 bridgehead atoms. The number of ether oxygens (including phenoxy) is 1. The number of amides is 2. The van der Waals surface area contributed by atoms with Gasteiger partial charge in [0, 0.05) is 19.3 Å². The lowest BCUT2D eigenvalue weighted by atomic mass is 9.97. The van der Waals surface area contributed by atoms with Crippen LogP contribution < -0.4 is 10.1 Å². The maximum atomic E-state index is 12.7. The first-order chi connectivity index (χ1) is 12.1. The third-order valence-electron chi connectivity index (χ3n) is 4.29. The third-order valence-corrected chi connectivity index (χ3v) is 5.17. The Hall–Kier alpha value is -2.41. The summed E-state index contributed by atoms with van der Waals surface area (Å²) in [5.41, 5.74) is 1.04. The largest absolute Gasteiger partial charge is 0.495 e. The number of carbonyl (C=O) groups excluding carboxylic acids is 2. The monoisotopic (exact) mass is 359 g/mol. The average Bonchev–Trinajstić information content (AvgIpc) is 3.12. The Morgan fingerprint density at radius 1 is 1.36 bits per heavy atom. The summed E-state index contributed by atoms with van der Waals surface area (Å²) in [6, 6.07) is 5.48. The number of nitrogens with zero attached hydrogens (tertiary/aromatic N) is 2. The van der Waals surface area contributed by atoms with E-state index >= 15 is 0 Å². The number of rotatable bonds is 4. The molecule has 6 nitrogen and oxygen atoms in total. The molecule has 0 saturated carbocycles. The fourth-order valence-corrected chi connectivity index (χ4v) is 3.73. The number of likely N-dealkylation sites (tertiary alicyclic amines) is 1. The maximum Gasteiger partial charge on any atom is 0.267 e. The van der Waals surface area contributed by atoms with E-state index in [1.807, 2.05) is 18.4 Å². The highest BCUT2D eigenvalue weighted by Gasteiger charge is 2.30. The fraction of sp³-hybridized carbons (Fsp3) is 0.389. The number of piperidine rings is 1. The van der Waals surface area contributed by atoms with Crippen molar-refractivity contribution < 1.29 is 14.3 Å². The molecular weight excluding hydrogens is 338 g/mol. The molecule has 1 aliphatic rings. The molecule has 3 heterocycles. The van der Waals surface area contributed by atoms with Crippen molar-refractivity contribution in [3.8, 4) is 5.75 Å². The smallest absolute Gasteiger partial charge is 0.267 e. The van der Waals surface area contributed by atoms with E-state index in [9.17, 15) is 9.59 Å². The van der Waals surface area contributed by atoms with E-state index in [-0.39, 0.29) is 17.7 Å². The molecule has 2 aromatic rings. The standard InChI is InChI=1S/C18H21N3O3S/c1-12-5-6-15(19-10-12)20-17(22)13-4-3-8-21(11-13)18(23)16-14(24-2)7-9-25-16/h5-7,9-10,13H,3-4,8,11H2,1-2H3,(H,19,20,22). The molecule has 7 heteroatoms. The van der Waals surface area contributed by atoms with E-state index < -0.39 is 0 Å². The van der Waals surface area contributed by atoms with Gasteiger partial charge in [-0.3, -0.25) is 9.59 Å². The van der Waals surface area contributed by atoms with E-state index in [0.29, 0.717) is 29.5 Å². The molecule has 132 valence electrons. The van der Waals surface area contributed by atoms with Crippen molar-refractivity contribution in [3.63, 3.8) is 0 Å². The Kier molecular flexibility index (Phi) is 5.33. The molecule has 1 fully saturated rings. The van der Waals surface area contributed by atoms with Crippen LogP contribution >= 0.6 is 11.3 Å². The summed E-state index contributed by atoms with van der Waals surface area (Å²) in [6.07, 6.45) is 3.29. The molecule has 25 heavy (non-hydrogen) atoms. The van der Waals surface area contributed by atoms with Crippen molar-refractivity contribution in [1.82, 2.24) is 9.88 Å². The van der Waals surface area contributed by atoms with Gasteiger partial charge in [-0.15, -0.1) is 11.3 Å². The zero-order valence-electron chi connectivity index (χ0n) is 14.3. The van der Waals surface area contributed by atoms with Gasteiger partial charge in [0.05, 0.1) is 13.0 Å². The number of carbonyl (C=O) groups is 2. The molecule has 2 aromatic heterocycles. The molecular formula is C18H21N3O3S. The molecule has 0 spiro atoms. The minimum atomic E-state index is -0.230. The molecule has 0 aromatic carbocycles. The van der Waals surface area contributed by atoms with E-state index in [1.54, 1.807) is 30.3 Å². The minimum Gasteiger partial charge on any atom is -0.495 e. The zero-order chi connectivity index (χ0) is 17.8. The van der Waals surface area contributed by atoms with E-state index in [1.165, 1.54) is 11.3 Å². The average molecular weight is 359 g/mol. The van der Waals surface area contributed by atoms with Gasteiger partial charge in [-0.25, -0.2) is 4.98 Å². The van der Waals surface area contributed by atoms with Crippen LogP contribution in [0.15, 0.2) is 29.8 Å². The molecule has 3 rings (SSSR count). The number of anilines is 1. The Morgan fingerprint density at radius 2 is 2.20 bits per heavy atom. The van der Waals surface area contributed by atoms with Crippen LogP contribution in [-0.4, -0.2) is 41.9 Å². The van der Waals surface area contributed by atoms with Gasteiger partial charge >= 0.3 is 0 Å². The SMILES string of the molecule is COc1ccsc1C(=O)N1CCCC(C(=O)Nc2ccc(C)cn2)C1. The quantitative estimate of drug-likeness (QED) is 0.911. The van der Waals surface area contributed by atoms with E-state index in [4.69, 9.17) is 4.74 Å². The molecule has 1 aliphatic heterocycles. The second-order valence-electron chi connectivity index (χ2n) is 6.12. The van der Waals surface area contributed by atoms with E-state index in [0.717, 1.165) is 18.4 Å². The van der Waals surface area contributed by atoms with Gasteiger partial charge in [-0.05, 0) is 42.8 Å². The van der Waals surface area contributed by atoms with Crippen molar-refractivity contribution in [1.29, 1.82) is 0 Å². The number of aromatic nitrogens is 1. The van der Waals surface area contributed by atoms with Crippen molar-refractivity contribution in [2.45, 2.75) is 19.8 Å². The molecule has 2 amide bonds. The van der Waals surface area contributed by atoms with Gasteiger partial charge in [0.1, 0.15) is 16.4 Å². The number of pyridine rings is 1. The number of nitrogens with one attached hydrogen (secondary N) is 1. The van der Waals surface area contributed by atoms with Crippen LogP contribution in [0.25, 0.3) is 0 Å². The van der Waals surface area contributed by atoms with Crippen LogP contribution in [0.4, 0.5) is 5.82 Å². The maximum absolute atomic E-state index is 12.7. The van der Waals surface area contributed by atoms with Gasteiger partial charge < -0.3 is 15.0 Å². The summed E-state index contributed by atoms with van der Waals surface area (Å²) in [6.45, 7) is 3.02. The predicted octanol–water partition coefficient (Wildman–Crippen LogP) is 2.95. The number of hydrogen-bond acceptors (Lipinski definition) is 5. The highest BCUT2D eigenvalue weighted by atomic mass is 32.1. The van der Waals surface area contributed by atoms with Crippen LogP contribution in [0.2, 0.25) is 0 Å². The van der Waals surface area contributed by atoms with Gasteiger partial charge in [-0.1, -0.05) is 6.07 Å². The minimum absolute atomic E-state index is 0.0715. The lowest BCUT2D eigenvalue weighted by molar-refractivity contribution is -0.121. The lowest BCUT2D eigenvalue weighted by Crippen LogP contribution is -2.43. The van der Waals surface area contributed by atoms with Crippen molar-refractivity contribution in [2.75, 3.05) is 25.5 Å². The Balaban J connectivity index is 1.65. The van der Waals surface area contributed by atoms with Gasteiger partial charge in [-0.2, -0.15) is 0 Å². The fourth-order valence-electron chi connectivity index (χ4n) is 2.90. The number of methoxy groups -OCH3 is 1. The lowest BCUT2D eigenvalue weighted by Gasteiger charge is -2.31. The summed E-state index contributed by atoms with van der Waals surface area (Å²) < 4.78 is 5.24. The molecule has 1 saturated heterocycles. The van der Waals surface area contributed by atoms with Crippen LogP contribution in [0, 0.1) is 12.8 Å². The van der Waals surface area contributed by atoms with E-state index in [2.05, 4.69) is 10.3 Å². The highest BCUT2D eigenvalue weighted by molar-refractivity contribution is 7.12. The van der Waals surface area contributed by atoms with Gasteiger partial charge in [0.25, 0.3) is 5.91 Å². The van der Waals surface area contributed by atoms with Crippen LogP contribution in [-0.2, 0) is 4.79 Å². The summed E-state index contributed by atoms with van der Waals surface area (Å²) in [7, 11) is 1.56. The van der Waals surface area contributed by atoms with Crippen LogP contribution in [0.3, 0.4) is 0 Å². The molecule has 0 aliphatic carbocycles. The Bertz CT molecular complexity index is 757. The van der Waals surface area contributed by atoms with Crippen LogP contribution in [0.1, 0.15) is 28.1 Å². The predicted molar refractivity (Wildman–Crippen MR) is 97.1 cm³/mol. The molecule has 1 N–H and O–H groups in total. The third kappa shape index (κ3) is 3.99. The number of aryl methyl sites for hydroxylation is 1. The van der Waals surface area contributed by atoms with Crippen LogP contribution in [0.5, 0.6) is 5.75 Å². The first kappa shape index (κ1) is 17.4. The topological polar surface area (TPSA) is 71.5 Å². The second-order valence-corrected chi connectivity index (χ2v) is 7.03. The summed E-state index contributed by atoms with van der Waals surface area (Å²) in [5, 5.41) is 4.68. The number of hydrogen-bond donors (Lipinski definition) is 1. The summed E-state index contributed by atoms with van der Waals surface area (Å²) in [4.78, 5) is 31.8. The van der Waals surface area contributed by atoms with Gasteiger partial charge in [0.15, 0.2) is 0 Å². The van der Waals surface area contributed by atoms with Crippen molar-refractivity contribution in [3.05, 3.63) is 40.2 Å². The van der Waals surface area contributed by atoms with Crippen molar-refractivity contribution in [2.24, 2.45) is 5.92 Å². The first-order valence-corrected chi connectivity index (χ1v) is 9.10. The first-order valence-electron chi connectivity index (χ1n) is 8.22. The summed E-state index contributed by atoms with van der Waals surface area (Å²) in [5.74, 6) is 0.737. The zero-order valence-corrected chi connectivity index (χ0v) is 15.1. The second kappa shape index (κ2) is 7.65.